The standard InChI is InChI=1S/C10H11F2N/c1-3-10(2,13)9-7(11)5-4-6-8(9)12/h3-6H,1,13H2,2H3/t10-/m1/s1. The van der Waals surface area contributed by atoms with E-state index in [1.807, 2.05) is 0 Å². The van der Waals surface area contributed by atoms with Crippen molar-refractivity contribution in [3.63, 3.8) is 0 Å². The molecular formula is C10H11F2N. The monoisotopic (exact) mass is 183 g/mol. The summed E-state index contributed by atoms with van der Waals surface area (Å²) in [4.78, 5) is 0. The van der Waals surface area contributed by atoms with E-state index in [1.54, 1.807) is 0 Å². The summed E-state index contributed by atoms with van der Waals surface area (Å²) < 4.78 is 26.3. The summed E-state index contributed by atoms with van der Waals surface area (Å²) in [6, 6.07) is 3.65. The highest BCUT2D eigenvalue weighted by Crippen LogP contribution is 2.24. The molecule has 0 bridgehead atoms. The van der Waals surface area contributed by atoms with E-state index in [2.05, 4.69) is 6.58 Å². The van der Waals surface area contributed by atoms with Gasteiger partial charge in [0.1, 0.15) is 11.6 Å². The topological polar surface area (TPSA) is 26.0 Å². The quantitative estimate of drug-likeness (QED) is 0.699. The van der Waals surface area contributed by atoms with E-state index in [4.69, 9.17) is 5.73 Å². The van der Waals surface area contributed by atoms with Crippen molar-refractivity contribution in [2.45, 2.75) is 12.5 Å². The lowest BCUT2D eigenvalue weighted by Gasteiger charge is -2.21. The lowest BCUT2D eigenvalue weighted by atomic mass is 9.92. The smallest absolute Gasteiger partial charge is 0.131 e. The Morgan fingerprint density at radius 3 is 2.23 bits per heavy atom. The number of benzene rings is 1. The van der Waals surface area contributed by atoms with E-state index in [9.17, 15) is 8.78 Å². The molecule has 70 valence electrons. The van der Waals surface area contributed by atoms with Crippen LogP contribution in [0.25, 0.3) is 0 Å². The Bertz CT molecular complexity index is 311. The Morgan fingerprint density at radius 1 is 1.38 bits per heavy atom. The molecule has 1 rings (SSSR count). The van der Waals surface area contributed by atoms with Gasteiger partial charge in [-0.05, 0) is 19.1 Å². The van der Waals surface area contributed by atoms with Gasteiger partial charge in [-0.15, -0.1) is 6.58 Å². The maximum atomic E-state index is 13.2. The van der Waals surface area contributed by atoms with Crippen molar-refractivity contribution >= 4 is 0 Å². The van der Waals surface area contributed by atoms with Crippen LogP contribution < -0.4 is 5.73 Å². The second-order valence-electron chi connectivity index (χ2n) is 3.08. The lowest BCUT2D eigenvalue weighted by molar-refractivity contribution is 0.492. The second-order valence-corrected chi connectivity index (χ2v) is 3.08. The number of nitrogens with two attached hydrogens (primary N) is 1. The van der Waals surface area contributed by atoms with Gasteiger partial charge in [-0.3, -0.25) is 0 Å². The van der Waals surface area contributed by atoms with Crippen molar-refractivity contribution in [2.24, 2.45) is 5.73 Å². The van der Waals surface area contributed by atoms with Gasteiger partial charge >= 0.3 is 0 Å². The molecule has 0 amide bonds. The fourth-order valence-electron chi connectivity index (χ4n) is 1.11. The van der Waals surface area contributed by atoms with Crippen molar-refractivity contribution in [1.29, 1.82) is 0 Å². The van der Waals surface area contributed by atoms with Gasteiger partial charge in [0.15, 0.2) is 0 Å². The summed E-state index contributed by atoms with van der Waals surface area (Å²) in [7, 11) is 0. The first-order valence-electron chi connectivity index (χ1n) is 3.86. The molecule has 3 heteroatoms. The molecule has 2 N–H and O–H groups in total. The SMILES string of the molecule is C=C[C@@](C)(N)c1c(F)cccc1F. The number of halogens is 2. The molecule has 0 fully saturated rings. The maximum Gasteiger partial charge on any atom is 0.131 e. The third-order valence-electron chi connectivity index (χ3n) is 1.93. The van der Waals surface area contributed by atoms with Crippen LogP contribution in [0, 0.1) is 11.6 Å². The van der Waals surface area contributed by atoms with Crippen LogP contribution in [0.3, 0.4) is 0 Å². The lowest BCUT2D eigenvalue weighted by Crippen LogP contribution is -2.32. The van der Waals surface area contributed by atoms with E-state index in [-0.39, 0.29) is 5.56 Å². The summed E-state index contributed by atoms with van der Waals surface area (Å²) in [6.45, 7) is 4.93. The molecule has 0 aliphatic rings. The molecule has 1 aromatic carbocycles. The molecule has 0 spiro atoms. The van der Waals surface area contributed by atoms with Gasteiger partial charge in [0, 0.05) is 5.56 Å². The summed E-state index contributed by atoms with van der Waals surface area (Å²) in [5.74, 6) is -1.30. The fourth-order valence-corrected chi connectivity index (χ4v) is 1.11. The highest BCUT2D eigenvalue weighted by Gasteiger charge is 2.24. The molecule has 0 radical (unpaired) electrons. The second kappa shape index (κ2) is 3.26. The first-order chi connectivity index (χ1) is 5.99. The fraction of sp³-hybridized carbons (Fsp3) is 0.200. The van der Waals surface area contributed by atoms with Crippen LogP contribution in [0.15, 0.2) is 30.9 Å². The molecule has 0 aliphatic carbocycles. The zero-order valence-electron chi connectivity index (χ0n) is 7.35. The van der Waals surface area contributed by atoms with E-state index < -0.39 is 17.2 Å². The van der Waals surface area contributed by atoms with Crippen LogP contribution in [0.2, 0.25) is 0 Å². The Balaban J connectivity index is 3.36. The predicted molar refractivity (Wildman–Crippen MR) is 48.1 cm³/mol. The normalized spacial score (nSPS) is 15.1. The molecule has 0 unspecified atom stereocenters. The average Bonchev–Trinajstić information content (AvgIpc) is 2.03. The van der Waals surface area contributed by atoms with Crippen molar-refractivity contribution in [3.8, 4) is 0 Å². The number of rotatable bonds is 2. The average molecular weight is 183 g/mol. The molecule has 1 aromatic rings. The zero-order valence-corrected chi connectivity index (χ0v) is 7.35. The predicted octanol–water partition coefficient (Wildman–Crippen LogP) is 2.32. The molecule has 0 aliphatic heterocycles. The summed E-state index contributed by atoms with van der Waals surface area (Å²) in [5, 5.41) is 0. The Labute approximate surface area is 75.9 Å². The van der Waals surface area contributed by atoms with Gasteiger partial charge in [-0.2, -0.15) is 0 Å². The first-order valence-corrected chi connectivity index (χ1v) is 3.86. The molecule has 0 aromatic heterocycles. The van der Waals surface area contributed by atoms with Gasteiger partial charge < -0.3 is 5.73 Å². The number of hydrogen-bond acceptors (Lipinski definition) is 1. The molecule has 1 atom stereocenters. The van der Waals surface area contributed by atoms with Gasteiger partial charge in [0.25, 0.3) is 0 Å². The van der Waals surface area contributed by atoms with Crippen molar-refractivity contribution in [2.75, 3.05) is 0 Å². The van der Waals surface area contributed by atoms with Gasteiger partial charge in [-0.25, -0.2) is 8.78 Å². The first kappa shape index (κ1) is 9.86. The summed E-state index contributed by atoms with van der Waals surface area (Å²) in [6.07, 6.45) is 1.31. The molecular weight excluding hydrogens is 172 g/mol. The third kappa shape index (κ3) is 1.75. The van der Waals surface area contributed by atoms with Gasteiger partial charge in [0.2, 0.25) is 0 Å². The van der Waals surface area contributed by atoms with E-state index in [1.165, 1.54) is 31.2 Å². The van der Waals surface area contributed by atoms with Gasteiger partial charge in [-0.1, -0.05) is 12.1 Å². The molecule has 0 saturated carbocycles. The van der Waals surface area contributed by atoms with Crippen LogP contribution in [0.4, 0.5) is 8.78 Å². The minimum absolute atomic E-state index is 0.148. The van der Waals surface area contributed by atoms with E-state index in [0.717, 1.165) is 0 Å². The summed E-state index contributed by atoms with van der Waals surface area (Å²) in [5.41, 5.74) is 4.32. The molecule has 0 saturated heterocycles. The van der Waals surface area contributed by atoms with Crippen LogP contribution in [-0.2, 0) is 5.54 Å². The Hall–Kier alpha value is -1.22. The largest absolute Gasteiger partial charge is 0.318 e. The minimum Gasteiger partial charge on any atom is -0.318 e. The van der Waals surface area contributed by atoms with Crippen LogP contribution in [0.1, 0.15) is 12.5 Å². The third-order valence-corrected chi connectivity index (χ3v) is 1.93. The zero-order chi connectivity index (χ0) is 10.1. The van der Waals surface area contributed by atoms with Crippen LogP contribution in [0.5, 0.6) is 0 Å². The van der Waals surface area contributed by atoms with E-state index >= 15 is 0 Å². The highest BCUT2D eigenvalue weighted by atomic mass is 19.1. The van der Waals surface area contributed by atoms with E-state index in [0.29, 0.717) is 0 Å². The van der Waals surface area contributed by atoms with Gasteiger partial charge in [0.05, 0.1) is 5.54 Å². The Kier molecular flexibility index (Phi) is 2.48. The van der Waals surface area contributed by atoms with Crippen molar-refractivity contribution < 1.29 is 8.78 Å². The molecule has 0 heterocycles. The molecule has 13 heavy (non-hydrogen) atoms. The Morgan fingerprint density at radius 2 is 1.85 bits per heavy atom. The van der Waals surface area contributed by atoms with Crippen LogP contribution in [-0.4, -0.2) is 0 Å². The minimum atomic E-state index is -1.17. The van der Waals surface area contributed by atoms with Crippen molar-refractivity contribution in [1.82, 2.24) is 0 Å². The summed E-state index contributed by atoms with van der Waals surface area (Å²) >= 11 is 0. The molecule has 1 nitrogen and oxygen atoms in total. The van der Waals surface area contributed by atoms with Crippen LogP contribution >= 0.6 is 0 Å². The number of hydrogen-bond donors (Lipinski definition) is 1. The van der Waals surface area contributed by atoms with Crippen molar-refractivity contribution in [3.05, 3.63) is 48.1 Å². The maximum absolute atomic E-state index is 13.2. The highest BCUT2D eigenvalue weighted by molar-refractivity contribution is 5.30.